The summed E-state index contributed by atoms with van der Waals surface area (Å²) in [6.45, 7) is 12.4. The molecule has 3 fully saturated rings. The number of benzene rings is 1. The SMILES string of the molecule is C=C[C@]1(C)C[C@@H](OC(=O)CSc2nc(N)nc3c2ncn3C(=O)c2ccc(OC)cc2)[C@@]2(C)C3C(=O)CC[C@@]3(CC[C@H]2C)[C@@H](C)[C@@H]1O. The second-order valence-corrected chi connectivity index (χ2v) is 15.0. The molecule has 3 aliphatic rings. The van der Waals surface area contributed by atoms with E-state index in [2.05, 4.69) is 42.3 Å². The number of imidazole rings is 1. The van der Waals surface area contributed by atoms with Gasteiger partial charge in [0.25, 0.3) is 5.91 Å². The summed E-state index contributed by atoms with van der Waals surface area (Å²) >= 11 is 1.10. The highest BCUT2D eigenvalue weighted by Gasteiger charge is 2.68. The number of hydrogen-bond acceptors (Lipinski definition) is 11. The lowest BCUT2D eigenvalue weighted by Crippen LogP contribution is -2.63. The third-order valence-electron chi connectivity index (χ3n) is 11.8. The number of hydrogen-bond donors (Lipinski definition) is 2. The lowest BCUT2D eigenvalue weighted by molar-refractivity contribution is -0.205. The van der Waals surface area contributed by atoms with Crippen LogP contribution in [0.4, 0.5) is 5.95 Å². The van der Waals surface area contributed by atoms with E-state index in [1.165, 1.54) is 10.9 Å². The number of aliphatic hydroxyl groups excluding tert-OH is 1. The molecule has 0 amide bonds. The molecule has 3 N–H and O–H groups in total. The van der Waals surface area contributed by atoms with Crippen molar-refractivity contribution >= 4 is 46.5 Å². The molecule has 0 radical (unpaired) electrons. The zero-order valence-corrected chi connectivity index (χ0v) is 28.4. The van der Waals surface area contributed by atoms with E-state index in [1.807, 2.05) is 6.92 Å². The fourth-order valence-corrected chi connectivity index (χ4v) is 9.59. The molecule has 6 rings (SSSR count). The molecule has 0 aliphatic heterocycles. The van der Waals surface area contributed by atoms with Crippen molar-refractivity contribution in [3.63, 3.8) is 0 Å². The Bertz CT molecular complexity index is 1740. The molecule has 12 heteroatoms. The van der Waals surface area contributed by atoms with Crippen molar-refractivity contribution in [1.82, 2.24) is 19.5 Å². The maximum atomic E-state index is 13.7. The molecule has 1 unspecified atom stereocenters. The number of ketones is 1. The molecule has 47 heavy (non-hydrogen) atoms. The number of Topliss-reactive ketones (excluding diaryl/α,β-unsaturated/α-hetero) is 1. The van der Waals surface area contributed by atoms with Gasteiger partial charge in [0.2, 0.25) is 5.95 Å². The van der Waals surface area contributed by atoms with Crippen LogP contribution in [0.5, 0.6) is 5.75 Å². The van der Waals surface area contributed by atoms with Crippen LogP contribution >= 0.6 is 11.8 Å². The lowest BCUT2D eigenvalue weighted by atomic mass is 9.44. The summed E-state index contributed by atoms with van der Waals surface area (Å²) in [7, 11) is 1.55. The van der Waals surface area contributed by atoms with E-state index in [1.54, 1.807) is 37.5 Å². The lowest BCUT2D eigenvalue weighted by Gasteiger charge is -2.61. The number of aliphatic hydroxyl groups is 1. The van der Waals surface area contributed by atoms with Crippen LogP contribution in [-0.2, 0) is 14.3 Å². The van der Waals surface area contributed by atoms with Gasteiger partial charge in [0.05, 0.1) is 19.0 Å². The summed E-state index contributed by atoms with van der Waals surface area (Å²) in [5.74, 6) is -0.492. The van der Waals surface area contributed by atoms with Gasteiger partial charge in [-0.25, -0.2) is 14.5 Å². The molecule has 250 valence electrons. The van der Waals surface area contributed by atoms with Crippen LogP contribution in [0.2, 0.25) is 0 Å². The quantitative estimate of drug-likeness (QED) is 0.150. The van der Waals surface area contributed by atoms with E-state index >= 15 is 0 Å². The third kappa shape index (κ3) is 5.24. The fourth-order valence-electron chi connectivity index (χ4n) is 8.83. The van der Waals surface area contributed by atoms with Gasteiger partial charge < -0.3 is 20.3 Å². The summed E-state index contributed by atoms with van der Waals surface area (Å²) in [5, 5.41) is 12.1. The molecular weight excluding hydrogens is 618 g/mol. The van der Waals surface area contributed by atoms with Crippen molar-refractivity contribution in [2.45, 2.75) is 77.0 Å². The number of carbonyl (C=O) groups is 3. The minimum absolute atomic E-state index is 0.0675. The molecule has 0 spiro atoms. The Balaban J connectivity index is 1.27. The van der Waals surface area contributed by atoms with Gasteiger partial charge in [0.1, 0.15) is 34.5 Å². The number of ether oxygens (including phenoxy) is 2. The van der Waals surface area contributed by atoms with Crippen molar-refractivity contribution in [3.8, 4) is 5.75 Å². The Kier molecular flexibility index (Phi) is 8.49. The number of fused-ring (bicyclic) bond motifs is 1. The van der Waals surface area contributed by atoms with E-state index in [9.17, 15) is 19.5 Å². The molecule has 3 saturated carbocycles. The van der Waals surface area contributed by atoms with Gasteiger partial charge in [-0.15, -0.1) is 6.58 Å². The van der Waals surface area contributed by atoms with Gasteiger partial charge in [0.15, 0.2) is 5.65 Å². The van der Waals surface area contributed by atoms with Gasteiger partial charge in [-0.1, -0.05) is 45.5 Å². The first-order valence-corrected chi connectivity index (χ1v) is 17.1. The summed E-state index contributed by atoms with van der Waals surface area (Å²) in [5.41, 5.74) is 5.31. The van der Waals surface area contributed by atoms with E-state index < -0.39 is 29.0 Å². The predicted molar refractivity (Wildman–Crippen MR) is 178 cm³/mol. The highest BCUT2D eigenvalue weighted by atomic mass is 32.2. The molecular formula is C35H43N5O6S. The van der Waals surface area contributed by atoms with E-state index in [-0.39, 0.29) is 52.2 Å². The van der Waals surface area contributed by atoms with Gasteiger partial charge in [-0.2, -0.15) is 4.98 Å². The number of anilines is 1. The van der Waals surface area contributed by atoms with Gasteiger partial charge >= 0.3 is 5.97 Å². The van der Waals surface area contributed by atoms with Crippen LogP contribution in [0.1, 0.15) is 70.2 Å². The van der Waals surface area contributed by atoms with Crippen molar-refractivity contribution in [2.24, 2.45) is 34.0 Å². The first-order valence-electron chi connectivity index (χ1n) is 16.1. The highest BCUT2D eigenvalue weighted by Crippen LogP contribution is 2.68. The Hall–Kier alpha value is -3.77. The summed E-state index contributed by atoms with van der Waals surface area (Å²) < 4.78 is 12.9. The molecule has 11 nitrogen and oxygen atoms in total. The largest absolute Gasteiger partial charge is 0.497 e. The van der Waals surface area contributed by atoms with Crippen LogP contribution in [0.3, 0.4) is 0 Å². The zero-order chi connectivity index (χ0) is 33.9. The van der Waals surface area contributed by atoms with Crippen molar-refractivity contribution in [1.29, 1.82) is 0 Å². The number of aromatic nitrogens is 4. The summed E-state index contributed by atoms with van der Waals surface area (Å²) in [4.78, 5) is 53.7. The normalized spacial score (nSPS) is 33.5. The minimum Gasteiger partial charge on any atom is -0.497 e. The van der Waals surface area contributed by atoms with E-state index in [4.69, 9.17) is 15.2 Å². The van der Waals surface area contributed by atoms with Crippen molar-refractivity contribution in [3.05, 3.63) is 48.8 Å². The first kappa shape index (κ1) is 33.1. The molecule has 3 aliphatic carbocycles. The Morgan fingerprint density at radius 2 is 1.91 bits per heavy atom. The number of methoxy groups -OCH3 is 1. The second-order valence-electron chi connectivity index (χ2n) is 14.1. The Morgan fingerprint density at radius 3 is 2.60 bits per heavy atom. The number of rotatable bonds is 7. The van der Waals surface area contributed by atoms with Crippen LogP contribution in [0.15, 0.2) is 48.3 Å². The average molecular weight is 662 g/mol. The average Bonchev–Trinajstić information content (AvgIpc) is 3.65. The third-order valence-corrected chi connectivity index (χ3v) is 12.8. The minimum atomic E-state index is -0.741. The Labute approximate surface area is 278 Å². The number of esters is 1. The van der Waals surface area contributed by atoms with Crippen LogP contribution in [0.25, 0.3) is 11.2 Å². The number of nitrogen functional groups attached to an aromatic ring is 1. The van der Waals surface area contributed by atoms with Gasteiger partial charge in [-0.3, -0.25) is 14.4 Å². The maximum absolute atomic E-state index is 13.7. The molecule has 2 bridgehead atoms. The standard InChI is InChI=1S/C35H43N5O6S/c1-7-33(4)16-24(34(5)19(2)12-14-35(20(3)28(33)43)15-13-23(41)27(34)35)46-25(42)17-47-30-26-29(38-32(36)39-30)40(18-37-26)31(44)21-8-10-22(45-6)11-9-21/h7-11,18-20,24,27-28,43H,1,12-17H2,2-6H3,(H2,36,38,39)/t19-,20+,24-,27?,28+,33-,34+,35+/m1/s1. The van der Waals surface area contributed by atoms with Gasteiger partial charge in [-0.05, 0) is 67.2 Å². The predicted octanol–water partition coefficient (Wildman–Crippen LogP) is 5.10. The molecule has 0 saturated heterocycles. The second kappa shape index (κ2) is 12.0. The van der Waals surface area contributed by atoms with Crippen LogP contribution in [0, 0.1) is 34.0 Å². The van der Waals surface area contributed by atoms with E-state index in [0.717, 1.165) is 31.0 Å². The number of nitrogens with two attached hydrogens (primary N) is 1. The Morgan fingerprint density at radius 1 is 1.19 bits per heavy atom. The number of nitrogens with zero attached hydrogens (tertiary/aromatic N) is 4. The molecule has 2 heterocycles. The molecule has 3 aromatic rings. The fraction of sp³-hybridized carbons (Fsp3) is 0.543. The van der Waals surface area contributed by atoms with Crippen LogP contribution < -0.4 is 10.5 Å². The van der Waals surface area contributed by atoms with Crippen LogP contribution in [-0.4, -0.2) is 67.4 Å². The van der Waals surface area contributed by atoms with Crippen molar-refractivity contribution in [2.75, 3.05) is 18.6 Å². The summed E-state index contributed by atoms with van der Waals surface area (Å²) in [6, 6.07) is 6.67. The summed E-state index contributed by atoms with van der Waals surface area (Å²) in [6.07, 6.45) is 5.09. The number of carbonyl (C=O) groups excluding carboxylic acids is 3. The molecule has 1 aromatic carbocycles. The maximum Gasteiger partial charge on any atom is 0.316 e. The topological polar surface area (TPSA) is 160 Å². The first-order chi connectivity index (χ1) is 22.3. The van der Waals surface area contributed by atoms with E-state index in [0.29, 0.717) is 34.7 Å². The van der Waals surface area contributed by atoms with Crippen molar-refractivity contribution < 1.29 is 29.0 Å². The highest BCUT2D eigenvalue weighted by molar-refractivity contribution is 8.00. The number of thioether (sulfide) groups is 1. The smallest absolute Gasteiger partial charge is 0.316 e. The molecule has 8 atom stereocenters. The molecule has 2 aromatic heterocycles. The van der Waals surface area contributed by atoms with Gasteiger partial charge in [0, 0.05) is 28.7 Å². The monoisotopic (exact) mass is 661 g/mol. The zero-order valence-electron chi connectivity index (χ0n) is 27.6.